The quantitative estimate of drug-likeness (QED) is 0.763. The fourth-order valence-electron chi connectivity index (χ4n) is 1.39. The topological polar surface area (TPSA) is 21.3 Å². The van der Waals surface area contributed by atoms with Gasteiger partial charge in [0.05, 0.1) is 6.61 Å². The van der Waals surface area contributed by atoms with Gasteiger partial charge in [0.1, 0.15) is 0 Å². The van der Waals surface area contributed by atoms with E-state index in [-0.39, 0.29) is 0 Å². The molecule has 1 aromatic rings. The summed E-state index contributed by atoms with van der Waals surface area (Å²) in [4.78, 5) is 0. The molecular formula is C13H19Cl2NO. The molecule has 0 radical (unpaired) electrons. The highest BCUT2D eigenvalue weighted by Crippen LogP contribution is 2.21. The van der Waals surface area contributed by atoms with Crippen LogP contribution in [0, 0.1) is 0 Å². The van der Waals surface area contributed by atoms with Crippen LogP contribution in [0.15, 0.2) is 18.2 Å². The standard InChI is InChI=1S/C13H19Cl2NO/c1-10(2)16-6-3-7-17-9-11-4-5-12(14)8-13(11)15/h4-5,8,10,16H,3,6-7,9H2,1-2H3. The molecule has 1 N–H and O–H groups in total. The van der Waals surface area contributed by atoms with Crippen molar-refractivity contribution in [1.29, 1.82) is 0 Å². The Hall–Kier alpha value is -0.280. The highest BCUT2D eigenvalue weighted by Gasteiger charge is 2.01. The van der Waals surface area contributed by atoms with Crippen molar-refractivity contribution in [2.75, 3.05) is 13.2 Å². The number of rotatable bonds is 7. The monoisotopic (exact) mass is 275 g/mol. The lowest BCUT2D eigenvalue weighted by molar-refractivity contribution is 0.118. The van der Waals surface area contributed by atoms with Crippen LogP contribution in [0.2, 0.25) is 10.0 Å². The van der Waals surface area contributed by atoms with Crippen LogP contribution in [0.3, 0.4) is 0 Å². The zero-order chi connectivity index (χ0) is 12.7. The molecular weight excluding hydrogens is 257 g/mol. The van der Waals surface area contributed by atoms with Crippen LogP contribution in [0.5, 0.6) is 0 Å². The molecule has 0 spiro atoms. The second kappa shape index (κ2) is 7.93. The van der Waals surface area contributed by atoms with Crippen molar-refractivity contribution in [2.45, 2.75) is 32.9 Å². The van der Waals surface area contributed by atoms with Crippen molar-refractivity contribution in [1.82, 2.24) is 5.32 Å². The highest BCUT2D eigenvalue weighted by molar-refractivity contribution is 6.35. The molecule has 1 rings (SSSR count). The molecule has 2 nitrogen and oxygen atoms in total. The summed E-state index contributed by atoms with van der Waals surface area (Å²) in [5.41, 5.74) is 0.980. The Kier molecular flexibility index (Phi) is 6.90. The zero-order valence-corrected chi connectivity index (χ0v) is 11.8. The van der Waals surface area contributed by atoms with Crippen molar-refractivity contribution in [3.05, 3.63) is 33.8 Å². The van der Waals surface area contributed by atoms with Gasteiger partial charge in [-0.1, -0.05) is 43.1 Å². The molecule has 0 aromatic heterocycles. The average Bonchev–Trinajstić information content (AvgIpc) is 2.25. The summed E-state index contributed by atoms with van der Waals surface area (Å²) in [6, 6.07) is 5.99. The molecule has 0 aliphatic rings. The van der Waals surface area contributed by atoms with Crippen molar-refractivity contribution < 1.29 is 4.74 Å². The number of ether oxygens (including phenoxy) is 1. The normalized spacial score (nSPS) is 11.1. The van der Waals surface area contributed by atoms with Crippen LogP contribution >= 0.6 is 23.2 Å². The second-order valence-corrected chi connectivity index (χ2v) is 5.09. The molecule has 0 heterocycles. The van der Waals surface area contributed by atoms with Gasteiger partial charge in [0.2, 0.25) is 0 Å². The maximum Gasteiger partial charge on any atom is 0.0731 e. The molecule has 0 fully saturated rings. The van der Waals surface area contributed by atoms with E-state index in [2.05, 4.69) is 19.2 Å². The SMILES string of the molecule is CC(C)NCCCOCc1ccc(Cl)cc1Cl. The third-order valence-electron chi connectivity index (χ3n) is 2.29. The molecule has 0 saturated heterocycles. The smallest absolute Gasteiger partial charge is 0.0731 e. The third-order valence-corrected chi connectivity index (χ3v) is 2.88. The summed E-state index contributed by atoms with van der Waals surface area (Å²) in [6.45, 7) is 6.52. The first kappa shape index (κ1) is 14.8. The van der Waals surface area contributed by atoms with Gasteiger partial charge in [-0.3, -0.25) is 0 Å². The predicted molar refractivity (Wildman–Crippen MR) is 73.9 cm³/mol. The van der Waals surface area contributed by atoms with Crippen LogP contribution in [0.4, 0.5) is 0 Å². The molecule has 4 heteroatoms. The van der Waals surface area contributed by atoms with Gasteiger partial charge in [0.15, 0.2) is 0 Å². The summed E-state index contributed by atoms with van der Waals surface area (Å²) < 4.78 is 5.55. The van der Waals surface area contributed by atoms with Gasteiger partial charge in [0, 0.05) is 22.7 Å². The minimum Gasteiger partial charge on any atom is -0.377 e. The van der Waals surface area contributed by atoms with Crippen LogP contribution in [0.25, 0.3) is 0 Å². The summed E-state index contributed by atoms with van der Waals surface area (Å²) >= 11 is 11.8. The van der Waals surface area contributed by atoms with E-state index in [0.29, 0.717) is 22.7 Å². The van der Waals surface area contributed by atoms with E-state index in [1.165, 1.54) is 0 Å². The third kappa shape index (κ3) is 6.27. The number of benzene rings is 1. The minimum absolute atomic E-state index is 0.528. The summed E-state index contributed by atoms with van der Waals surface area (Å²) in [6.07, 6.45) is 1.00. The number of hydrogen-bond donors (Lipinski definition) is 1. The Morgan fingerprint density at radius 1 is 1.29 bits per heavy atom. The predicted octanol–water partition coefficient (Wildman–Crippen LogP) is 3.90. The van der Waals surface area contributed by atoms with E-state index in [4.69, 9.17) is 27.9 Å². The van der Waals surface area contributed by atoms with Gasteiger partial charge >= 0.3 is 0 Å². The summed E-state index contributed by atoms with van der Waals surface area (Å²) in [5, 5.41) is 4.66. The van der Waals surface area contributed by atoms with E-state index in [1.54, 1.807) is 6.07 Å². The Morgan fingerprint density at radius 2 is 2.06 bits per heavy atom. The van der Waals surface area contributed by atoms with Gasteiger partial charge in [0.25, 0.3) is 0 Å². The summed E-state index contributed by atoms with van der Waals surface area (Å²) in [5.74, 6) is 0. The zero-order valence-electron chi connectivity index (χ0n) is 10.3. The Bertz CT molecular complexity index is 342. The lowest BCUT2D eigenvalue weighted by Crippen LogP contribution is -2.24. The van der Waals surface area contributed by atoms with Crippen molar-refractivity contribution in [3.63, 3.8) is 0 Å². The van der Waals surface area contributed by atoms with Gasteiger partial charge in [-0.2, -0.15) is 0 Å². The van der Waals surface area contributed by atoms with Crippen LogP contribution in [-0.4, -0.2) is 19.2 Å². The van der Waals surface area contributed by atoms with Crippen LogP contribution in [0.1, 0.15) is 25.8 Å². The first-order chi connectivity index (χ1) is 8.09. The molecule has 0 atom stereocenters. The van der Waals surface area contributed by atoms with E-state index in [0.717, 1.165) is 25.1 Å². The molecule has 17 heavy (non-hydrogen) atoms. The van der Waals surface area contributed by atoms with E-state index >= 15 is 0 Å². The molecule has 0 unspecified atom stereocenters. The maximum absolute atomic E-state index is 6.03. The average molecular weight is 276 g/mol. The first-order valence-corrected chi connectivity index (χ1v) is 6.60. The second-order valence-electron chi connectivity index (χ2n) is 4.25. The van der Waals surface area contributed by atoms with Gasteiger partial charge < -0.3 is 10.1 Å². The largest absolute Gasteiger partial charge is 0.377 e. The van der Waals surface area contributed by atoms with Gasteiger partial charge in [-0.15, -0.1) is 0 Å². The Balaban J connectivity index is 2.18. The minimum atomic E-state index is 0.528. The molecule has 96 valence electrons. The summed E-state index contributed by atoms with van der Waals surface area (Å²) in [7, 11) is 0. The van der Waals surface area contributed by atoms with Crippen LogP contribution < -0.4 is 5.32 Å². The molecule has 0 bridgehead atoms. The Morgan fingerprint density at radius 3 is 2.71 bits per heavy atom. The van der Waals surface area contributed by atoms with Crippen molar-refractivity contribution in [3.8, 4) is 0 Å². The fourth-order valence-corrected chi connectivity index (χ4v) is 1.85. The van der Waals surface area contributed by atoms with E-state index in [9.17, 15) is 0 Å². The molecule has 0 aliphatic carbocycles. The molecule has 0 aliphatic heterocycles. The molecule has 1 aromatic carbocycles. The molecule has 0 amide bonds. The van der Waals surface area contributed by atoms with Crippen LogP contribution in [-0.2, 0) is 11.3 Å². The lowest BCUT2D eigenvalue weighted by atomic mass is 10.2. The molecule has 0 saturated carbocycles. The number of nitrogens with one attached hydrogen (secondary N) is 1. The Labute approximate surface area is 113 Å². The van der Waals surface area contributed by atoms with E-state index < -0.39 is 0 Å². The number of halogens is 2. The van der Waals surface area contributed by atoms with Gasteiger partial charge in [-0.05, 0) is 30.7 Å². The fraction of sp³-hybridized carbons (Fsp3) is 0.538. The maximum atomic E-state index is 6.03. The van der Waals surface area contributed by atoms with E-state index in [1.807, 2.05) is 12.1 Å². The van der Waals surface area contributed by atoms with Crippen molar-refractivity contribution >= 4 is 23.2 Å². The lowest BCUT2D eigenvalue weighted by Gasteiger charge is -2.09. The van der Waals surface area contributed by atoms with Crippen molar-refractivity contribution in [2.24, 2.45) is 0 Å². The first-order valence-electron chi connectivity index (χ1n) is 5.84. The van der Waals surface area contributed by atoms with Gasteiger partial charge in [-0.25, -0.2) is 0 Å². The highest BCUT2D eigenvalue weighted by atomic mass is 35.5. The number of hydrogen-bond acceptors (Lipinski definition) is 2.